The van der Waals surface area contributed by atoms with Crippen molar-refractivity contribution in [3.63, 3.8) is 0 Å². The van der Waals surface area contributed by atoms with E-state index in [-0.39, 0.29) is 5.90 Å². The van der Waals surface area contributed by atoms with Gasteiger partial charge in [0, 0.05) is 0 Å². The highest BCUT2D eigenvalue weighted by molar-refractivity contribution is 5.77. The van der Waals surface area contributed by atoms with Gasteiger partial charge in [-0.15, -0.1) is 0 Å². The molecule has 0 heterocycles. The molecular formula is C4H11N3O2. The molecule has 0 radical (unpaired) electrons. The largest absolute Gasteiger partial charge is 0.364 e. The molecule has 0 bridgehead atoms. The number of nitrogens with two attached hydrogens (primary N) is 1. The summed E-state index contributed by atoms with van der Waals surface area (Å²) in [5.41, 5.74) is 5.20. The van der Waals surface area contributed by atoms with E-state index in [1.807, 2.05) is 0 Å². The van der Waals surface area contributed by atoms with E-state index in [4.69, 9.17) is 16.4 Å². The van der Waals surface area contributed by atoms with Crippen LogP contribution in [-0.4, -0.2) is 29.4 Å². The summed E-state index contributed by atoms with van der Waals surface area (Å²) in [5.74, 6) is -0.167. The Labute approximate surface area is 53.4 Å². The summed E-state index contributed by atoms with van der Waals surface area (Å²) in [6, 6.07) is -0.486. The van der Waals surface area contributed by atoms with Gasteiger partial charge in [0.05, 0.1) is 13.1 Å². The summed E-state index contributed by atoms with van der Waals surface area (Å²) in [5, 5.41) is 15.7. The third kappa shape index (κ3) is 3.89. The molecule has 0 spiro atoms. The van der Waals surface area contributed by atoms with Crippen LogP contribution in [-0.2, 0) is 4.84 Å². The normalized spacial score (nSPS) is 13.4. The van der Waals surface area contributed by atoms with Crippen LogP contribution in [0.2, 0.25) is 0 Å². The molecule has 0 aliphatic rings. The van der Waals surface area contributed by atoms with Gasteiger partial charge in [-0.2, -0.15) is 0 Å². The molecule has 1 unspecified atom stereocenters. The van der Waals surface area contributed by atoms with Crippen molar-refractivity contribution in [1.29, 1.82) is 5.41 Å². The molecule has 0 aliphatic carbocycles. The number of nitrogens with zero attached hydrogens (tertiary/aromatic N) is 1. The summed E-state index contributed by atoms with van der Waals surface area (Å²) in [7, 11) is 1.26. The van der Waals surface area contributed by atoms with Crippen LogP contribution >= 0.6 is 0 Å². The lowest BCUT2D eigenvalue weighted by atomic mass is 10.4. The van der Waals surface area contributed by atoms with Crippen LogP contribution < -0.4 is 5.73 Å². The molecule has 1 atom stereocenters. The van der Waals surface area contributed by atoms with Crippen molar-refractivity contribution in [2.24, 2.45) is 5.73 Å². The van der Waals surface area contributed by atoms with Gasteiger partial charge in [-0.3, -0.25) is 10.6 Å². The molecule has 0 aromatic rings. The fourth-order valence-electron chi connectivity index (χ4n) is 0.225. The molecule has 5 nitrogen and oxygen atoms in total. The molecule has 0 saturated heterocycles. The molecule has 0 fully saturated rings. The van der Waals surface area contributed by atoms with Crippen LogP contribution in [0.1, 0.15) is 6.92 Å². The van der Waals surface area contributed by atoms with Crippen molar-refractivity contribution in [1.82, 2.24) is 5.23 Å². The summed E-state index contributed by atoms with van der Waals surface area (Å²) in [6.45, 7) is 1.59. The van der Waals surface area contributed by atoms with Crippen LogP contribution in [0.15, 0.2) is 0 Å². The maximum absolute atomic E-state index is 8.39. The third-order valence-corrected chi connectivity index (χ3v) is 0.644. The van der Waals surface area contributed by atoms with Gasteiger partial charge in [0.15, 0.2) is 0 Å². The highest BCUT2D eigenvalue weighted by atomic mass is 16.9. The first-order valence-corrected chi connectivity index (χ1v) is 2.48. The van der Waals surface area contributed by atoms with Gasteiger partial charge in [-0.25, -0.2) is 0 Å². The predicted octanol–water partition coefficient (Wildman–Crippen LogP) is -0.437. The third-order valence-electron chi connectivity index (χ3n) is 0.644. The molecule has 0 aromatic heterocycles. The van der Waals surface area contributed by atoms with Crippen LogP contribution in [0, 0.1) is 5.41 Å². The summed E-state index contributed by atoms with van der Waals surface area (Å²) >= 11 is 0. The van der Waals surface area contributed by atoms with Gasteiger partial charge in [0.2, 0.25) is 5.90 Å². The summed E-state index contributed by atoms with van der Waals surface area (Å²) < 4.78 is 0. The zero-order valence-corrected chi connectivity index (χ0v) is 5.46. The Hall–Kier alpha value is -0.650. The van der Waals surface area contributed by atoms with Crippen molar-refractivity contribution in [2.75, 3.05) is 7.05 Å². The second-order valence-electron chi connectivity index (χ2n) is 1.71. The maximum atomic E-state index is 8.39. The Morgan fingerprint density at radius 1 is 1.89 bits per heavy atom. The number of hydrogen-bond donors (Lipinski definition) is 3. The van der Waals surface area contributed by atoms with Gasteiger partial charge in [0.1, 0.15) is 0 Å². The Morgan fingerprint density at radius 3 is 2.44 bits per heavy atom. The fourth-order valence-corrected chi connectivity index (χ4v) is 0.225. The first-order chi connectivity index (χ1) is 4.04. The lowest BCUT2D eigenvalue weighted by molar-refractivity contribution is -0.275. The minimum Gasteiger partial charge on any atom is -0.364 e. The average molecular weight is 133 g/mol. The van der Waals surface area contributed by atoms with Gasteiger partial charge >= 0.3 is 0 Å². The van der Waals surface area contributed by atoms with Crippen molar-refractivity contribution < 1.29 is 10.0 Å². The SMILES string of the molecule is CC(N)C(=N)ON(C)O. The van der Waals surface area contributed by atoms with E-state index in [0.29, 0.717) is 5.23 Å². The first kappa shape index (κ1) is 8.35. The van der Waals surface area contributed by atoms with E-state index in [9.17, 15) is 0 Å². The topological polar surface area (TPSA) is 82.6 Å². The lowest BCUT2D eigenvalue weighted by Gasteiger charge is -2.11. The Bertz CT molecular complexity index is 102. The first-order valence-electron chi connectivity index (χ1n) is 2.48. The maximum Gasteiger partial charge on any atom is 0.226 e. The molecular weight excluding hydrogens is 122 g/mol. The van der Waals surface area contributed by atoms with Crippen LogP contribution in [0.25, 0.3) is 0 Å². The highest BCUT2D eigenvalue weighted by Crippen LogP contribution is 1.84. The van der Waals surface area contributed by atoms with E-state index < -0.39 is 6.04 Å². The van der Waals surface area contributed by atoms with Gasteiger partial charge in [0.25, 0.3) is 0 Å². The minimum absolute atomic E-state index is 0.167. The van der Waals surface area contributed by atoms with E-state index in [1.165, 1.54) is 7.05 Å². The van der Waals surface area contributed by atoms with Gasteiger partial charge < -0.3 is 10.6 Å². The van der Waals surface area contributed by atoms with Gasteiger partial charge in [-0.05, 0) is 12.2 Å². The Balaban J connectivity index is 3.51. The Kier molecular flexibility index (Phi) is 3.15. The molecule has 4 N–H and O–H groups in total. The van der Waals surface area contributed by atoms with Crippen LogP contribution in [0.5, 0.6) is 0 Å². The van der Waals surface area contributed by atoms with Crippen LogP contribution in [0.3, 0.4) is 0 Å². The summed E-state index contributed by atoms with van der Waals surface area (Å²) in [4.78, 5) is 4.36. The van der Waals surface area contributed by atoms with Crippen molar-refractivity contribution >= 4 is 5.90 Å². The molecule has 9 heavy (non-hydrogen) atoms. The molecule has 0 aromatic carbocycles. The van der Waals surface area contributed by atoms with Crippen molar-refractivity contribution in [2.45, 2.75) is 13.0 Å². The summed E-state index contributed by atoms with van der Waals surface area (Å²) in [6.07, 6.45) is 0. The number of rotatable bonds is 2. The zero-order valence-electron chi connectivity index (χ0n) is 5.46. The average Bonchev–Trinajstić information content (AvgIpc) is 1.63. The van der Waals surface area contributed by atoms with E-state index in [1.54, 1.807) is 6.92 Å². The smallest absolute Gasteiger partial charge is 0.226 e. The molecule has 5 heteroatoms. The standard InChI is InChI=1S/C4H11N3O2/c1-3(5)4(6)9-7(2)8/h3,6,8H,5H2,1-2H3. The highest BCUT2D eigenvalue weighted by Gasteiger charge is 2.05. The number of hydroxylamine groups is 2. The second-order valence-corrected chi connectivity index (χ2v) is 1.71. The number of hydrogen-bond acceptors (Lipinski definition) is 5. The minimum atomic E-state index is -0.486. The molecule has 0 aliphatic heterocycles. The van der Waals surface area contributed by atoms with Crippen molar-refractivity contribution in [3.8, 4) is 0 Å². The zero-order chi connectivity index (χ0) is 7.44. The Morgan fingerprint density at radius 2 is 2.33 bits per heavy atom. The van der Waals surface area contributed by atoms with E-state index in [0.717, 1.165) is 0 Å². The van der Waals surface area contributed by atoms with Gasteiger partial charge in [-0.1, -0.05) is 0 Å². The number of nitrogens with one attached hydrogen (secondary N) is 1. The van der Waals surface area contributed by atoms with Crippen LogP contribution in [0.4, 0.5) is 0 Å². The second kappa shape index (κ2) is 3.39. The predicted molar refractivity (Wildman–Crippen MR) is 32.0 cm³/mol. The van der Waals surface area contributed by atoms with E-state index >= 15 is 0 Å². The van der Waals surface area contributed by atoms with Crippen molar-refractivity contribution in [3.05, 3.63) is 0 Å². The lowest BCUT2D eigenvalue weighted by Crippen LogP contribution is -2.32. The molecule has 0 saturated carbocycles. The molecule has 0 rings (SSSR count). The fraction of sp³-hybridized carbons (Fsp3) is 0.750. The molecule has 0 amide bonds. The molecule has 54 valence electrons. The quantitative estimate of drug-likeness (QED) is 0.271. The van der Waals surface area contributed by atoms with E-state index in [2.05, 4.69) is 4.84 Å². The monoisotopic (exact) mass is 133 g/mol.